The van der Waals surface area contributed by atoms with Crippen molar-refractivity contribution in [2.24, 2.45) is 0 Å². The van der Waals surface area contributed by atoms with Gasteiger partial charge in [-0.05, 0) is 25.0 Å². The zero-order valence-electron chi connectivity index (χ0n) is 10.8. The van der Waals surface area contributed by atoms with E-state index in [4.69, 9.17) is 0 Å². The fourth-order valence-electron chi connectivity index (χ4n) is 1.53. The largest absolute Gasteiger partial charge is 0.469 e. The summed E-state index contributed by atoms with van der Waals surface area (Å²) in [4.78, 5) is 25.8. The zero-order valence-corrected chi connectivity index (χ0v) is 10.8. The van der Waals surface area contributed by atoms with Crippen LogP contribution in [0.4, 0.5) is 4.39 Å². The van der Waals surface area contributed by atoms with Gasteiger partial charge in [0.2, 0.25) is 5.95 Å². The highest BCUT2D eigenvalue weighted by molar-refractivity contribution is 5.94. The Morgan fingerprint density at radius 1 is 1.37 bits per heavy atom. The second-order valence-corrected chi connectivity index (χ2v) is 3.98. The number of hydrogen-bond acceptors (Lipinski definition) is 4. The fraction of sp³-hybridized carbons (Fsp3) is 0.462. The van der Waals surface area contributed by atoms with Crippen molar-refractivity contribution >= 4 is 11.9 Å². The molecule has 0 saturated carbocycles. The second kappa shape index (κ2) is 8.18. The summed E-state index contributed by atoms with van der Waals surface area (Å²) in [5, 5.41) is 2.61. The summed E-state index contributed by atoms with van der Waals surface area (Å²) in [7, 11) is 1.35. The number of amides is 1. The number of hydrogen-bond donors (Lipinski definition) is 1. The molecule has 0 aliphatic heterocycles. The number of carbonyl (C=O) groups is 2. The van der Waals surface area contributed by atoms with Crippen LogP contribution in [0.2, 0.25) is 0 Å². The molecule has 5 nitrogen and oxygen atoms in total. The third kappa shape index (κ3) is 5.46. The van der Waals surface area contributed by atoms with Gasteiger partial charge < -0.3 is 10.1 Å². The van der Waals surface area contributed by atoms with Crippen molar-refractivity contribution in [2.75, 3.05) is 13.7 Å². The lowest BCUT2D eigenvalue weighted by Gasteiger charge is -2.05. The van der Waals surface area contributed by atoms with E-state index in [1.54, 1.807) is 0 Å². The van der Waals surface area contributed by atoms with Crippen molar-refractivity contribution < 1.29 is 18.7 Å². The van der Waals surface area contributed by atoms with Crippen molar-refractivity contribution in [3.05, 3.63) is 29.8 Å². The summed E-state index contributed by atoms with van der Waals surface area (Å²) in [6, 6.07) is 2.89. The molecule has 0 fully saturated rings. The number of nitrogens with zero attached hydrogens (tertiary/aromatic N) is 1. The van der Waals surface area contributed by atoms with Crippen molar-refractivity contribution in [2.45, 2.75) is 25.7 Å². The van der Waals surface area contributed by atoms with Crippen LogP contribution in [0.15, 0.2) is 18.3 Å². The lowest BCUT2D eigenvalue weighted by molar-refractivity contribution is -0.140. The smallest absolute Gasteiger partial charge is 0.305 e. The topological polar surface area (TPSA) is 68.3 Å². The Kier molecular flexibility index (Phi) is 6.49. The molecule has 0 aliphatic rings. The second-order valence-electron chi connectivity index (χ2n) is 3.98. The van der Waals surface area contributed by atoms with Gasteiger partial charge in [-0.1, -0.05) is 6.42 Å². The van der Waals surface area contributed by atoms with E-state index in [0.717, 1.165) is 12.8 Å². The third-order valence-corrected chi connectivity index (χ3v) is 2.57. The molecule has 0 bridgehead atoms. The van der Waals surface area contributed by atoms with Crippen molar-refractivity contribution in [3.63, 3.8) is 0 Å². The molecule has 1 heterocycles. The van der Waals surface area contributed by atoms with E-state index in [9.17, 15) is 14.0 Å². The van der Waals surface area contributed by atoms with Crippen molar-refractivity contribution in [3.8, 4) is 0 Å². The highest BCUT2D eigenvalue weighted by atomic mass is 19.1. The summed E-state index contributed by atoms with van der Waals surface area (Å²) in [5.74, 6) is -1.48. The van der Waals surface area contributed by atoms with Gasteiger partial charge >= 0.3 is 5.97 Å². The highest BCUT2D eigenvalue weighted by Crippen LogP contribution is 2.03. The van der Waals surface area contributed by atoms with E-state index < -0.39 is 11.9 Å². The molecule has 6 heteroatoms. The fourth-order valence-corrected chi connectivity index (χ4v) is 1.53. The Morgan fingerprint density at radius 2 is 2.16 bits per heavy atom. The van der Waals surface area contributed by atoms with Gasteiger partial charge in [-0.2, -0.15) is 4.39 Å². The van der Waals surface area contributed by atoms with Gasteiger partial charge in [-0.25, -0.2) is 4.98 Å². The number of methoxy groups -OCH3 is 1. The van der Waals surface area contributed by atoms with Crippen LogP contribution in [0.3, 0.4) is 0 Å². The molecule has 0 radical (unpaired) electrons. The Morgan fingerprint density at radius 3 is 2.84 bits per heavy atom. The first-order valence-electron chi connectivity index (χ1n) is 6.10. The molecule has 1 amide bonds. The standard InChI is InChI=1S/C13H17FN2O3/c1-19-11(17)7-3-2-4-8-16-13(18)10-6-5-9-15-12(10)14/h5-6,9H,2-4,7-8H2,1H3,(H,16,18). The molecule has 0 atom stereocenters. The van der Waals surface area contributed by atoms with Gasteiger partial charge in [0.25, 0.3) is 5.91 Å². The average molecular weight is 268 g/mol. The molecule has 104 valence electrons. The maximum Gasteiger partial charge on any atom is 0.305 e. The lowest BCUT2D eigenvalue weighted by atomic mass is 10.2. The van der Waals surface area contributed by atoms with E-state index in [2.05, 4.69) is 15.0 Å². The summed E-state index contributed by atoms with van der Waals surface area (Å²) in [6.07, 6.45) is 3.90. The highest BCUT2D eigenvalue weighted by Gasteiger charge is 2.10. The number of rotatable bonds is 7. The van der Waals surface area contributed by atoms with Gasteiger partial charge in [-0.3, -0.25) is 9.59 Å². The molecular weight excluding hydrogens is 251 g/mol. The van der Waals surface area contributed by atoms with Gasteiger partial charge in [-0.15, -0.1) is 0 Å². The van der Waals surface area contributed by atoms with Crippen LogP contribution in [0.25, 0.3) is 0 Å². The number of carbonyl (C=O) groups excluding carboxylic acids is 2. The number of halogens is 1. The van der Waals surface area contributed by atoms with Gasteiger partial charge in [0, 0.05) is 19.2 Å². The summed E-state index contributed by atoms with van der Waals surface area (Å²) < 4.78 is 17.7. The van der Waals surface area contributed by atoms with E-state index >= 15 is 0 Å². The molecule has 1 aromatic rings. The van der Waals surface area contributed by atoms with Gasteiger partial charge in [0.15, 0.2) is 0 Å². The number of esters is 1. The first-order chi connectivity index (χ1) is 9.15. The quantitative estimate of drug-likeness (QED) is 0.464. The Hall–Kier alpha value is -1.98. The van der Waals surface area contributed by atoms with Gasteiger partial charge in [0.1, 0.15) is 0 Å². The molecule has 1 N–H and O–H groups in total. The van der Waals surface area contributed by atoms with E-state index in [1.165, 1.54) is 25.4 Å². The Balaban J connectivity index is 2.18. The SMILES string of the molecule is COC(=O)CCCCCNC(=O)c1cccnc1F. The first kappa shape index (κ1) is 15.1. The minimum absolute atomic E-state index is 0.0583. The molecular formula is C13H17FN2O3. The maximum absolute atomic E-state index is 13.2. The molecule has 1 aromatic heterocycles. The minimum Gasteiger partial charge on any atom is -0.469 e. The Bertz CT molecular complexity index is 438. The van der Waals surface area contributed by atoms with Crippen LogP contribution in [-0.4, -0.2) is 30.5 Å². The summed E-state index contributed by atoms with van der Waals surface area (Å²) in [5.41, 5.74) is -0.0583. The zero-order chi connectivity index (χ0) is 14.1. The molecule has 0 aliphatic carbocycles. The average Bonchev–Trinajstić information content (AvgIpc) is 2.42. The predicted molar refractivity (Wildman–Crippen MR) is 67.0 cm³/mol. The van der Waals surface area contributed by atoms with Gasteiger partial charge in [0.05, 0.1) is 12.7 Å². The minimum atomic E-state index is -0.773. The van der Waals surface area contributed by atoms with Crippen LogP contribution < -0.4 is 5.32 Å². The predicted octanol–water partition coefficient (Wildman–Crippen LogP) is 1.68. The van der Waals surface area contributed by atoms with Crippen LogP contribution in [0.1, 0.15) is 36.0 Å². The molecule has 0 spiro atoms. The molecule has 1 rings (SSSR count). The first-order valence-corrected chi connectivity index (χ1v) is 6.10. The maximum atomic E-state index is 13.2. The van der Waals surface area contributed by atoms with Crippen LogP contribution in [0.5, 0.6) is 0 Å². The third-order valence-electron chi connectivity index (χ3n) is 2.57. The number of nitrogens with one attached hydrogen (secondary N) is 1. The van der Waals surface area contributed by atoms with Crippen LogP contribution in [-0.2, 0) is 9.53 Å². The molecule has 0 unspecified atom stereocenters. The van der Waals surface area contributed by atoms with Crippen molar-refractivity contribution in [1.29, 1.82) is 0 Å². The molecule has 0 aromatic carbocycles. The van der Waals surface area contributed by atoms with Crippen molar-refractivity contribution in [1.82, 2.24) is 10.3 Å². The Labute approximate surface area is 111 Å². The number of pyridine rings is 1. The molecule has 0 saturated heterocycles. The van der Waals surface area contributed by atoms with Crippen LogP contribution >= 0.6 is 0 Å². The molecule has 19 heavy (non-hydrogen) atoms. The number of aromatic nitrogens is 1. The number of ether oxygens (including phenoxy) is 1. The summed E-state index contributed by atoms with van der Waals surface area (Å²) in [6.45, 7) is 0.439. The number of unbranched alkanes of at least 4 members (excludes halogenated alkanes) is 2. The van der Waals surface area contributed by atoms with E-state index in [-0.39, 0.29) is 11.5 Å². The van der Waals surface area contributed by atoms with E-state index in [0.29, 0.717) is 19.4 Å². The monoisotopic (exact) mass is 268 g/mol. The van der Waals surface area contributed by atoms with Crippen LogP contribution in [0, 0.1) is 5.95 Å². The lowest BCUT2D eigenvalue weighted by Crippen LogP contribution is -2.25. The van der Waals surface area contributed by atoms with E-state index in [1.807, 2.05) is 0 Å². The summed E-state index contributed by atoms with van der Waals surface area (Å²) >= 11 is 0. The normalized spacial score (nSPS) is 10.0.